The Morgan fingerprint density at radius 1 is 1.00 bits per heavy atom. The summed E-state index contributed by atoms with van der Waals surface area (Å²) in [6.45, 7) is 3.62. The molecule has 0 aliphatic rings. The zero-order chi connectivity index (χ0) is 15.3. The smallest absolute Gasteiger partial charge is 0.124 e. The number of nitrogens with two attached hydrogens (primary N) is 1. The van der Waals surface area contributed by atoms with Crippen molar-refractivity contribution in [3.05, 3.63) is 28.8 Å². The SMILES string of the molecule is CCCCCCCCCCOc1cccc(Cl)c1CCN. The quantitative estimate of drug-likeness (QED) is 0.527. The van der Waals surface area contributed by atoms with Crippen LogP contribution in [0.25, 0.3) is 0 Å². The molecule has 21 heavy (non-hydrogen) atoms. The second-order valence-corrected chi connectivity index (χ2v) is 5.99. The van der Waals surface area contributed by atoms with Crippen LogP contribution in [0.2, 0.25) is 5.02 Å². The average Bonchev–Trinajstić information content (AvgIpc) is 2.49. The predicted molar refractivity (Wildman–Crippen MR) is 92.3 cm³/mol. The van der Waals surface area contributed by atoms with Gasteiger partial charge in [0.25, 0.3) is 0 Å². The minimum Gasteiger partial charge on any atom is -0.493 e. The van der Waals surface area contributed by atoms with Gasteiger partial charge in [0.15, 0.2) is 0 Å². The summed E-state index contributed by atoms with van der Waals surface area (Å²) in [6, 6.07) is 5.82. The van der Waals surface area contributed by atoms with Gasteiger partial charge in [-0.2, -0.15) is 0 Å². The van der Waals surface area contributed by atoms with Crippen molar-refractivity contribution in [1.82, 2.24) is 0 Å². The standard InChI is InChI=1S/C18H30ClNO/c1-2-3-4-5-6-7-8-9-15-21-18-12-10-11-17(19)16(18)13-14-20/h10-12H,2-9,13-15,20H2,1H3. The van der Waals surface area contributed by atoms with Crippen LogP contribution in [0, 0.1) is 0 Å². The lowest BCUT2D eigenvalue weighted by Crippen LogP contribution is -2.06. The van der Waals surface area contributed by atoms with E-state index in [1.807, 2.05) is 18.2 Å². The number of hydrogen-bond acceptors (Lipinski definition) is 2. The third-order valence-corrected chi connectivity index (χ3v) is 4.08. The summed E-state index contributed by atoms with van der Waals surface area (Å²) in [5.74, 6) is 0.899. The number of hydrogen-bond donors (Lipinski definition) is 1. The monoisotopic (exact) mass is 311 g/mol. The first kappa shape index (κ1) is 18.3. The van der Waals surface area contributed by atoms with Crippen molar-refractivity contribution >= 4 is 11.6 Å². The molecule has 0 spiro atoms. The fraction of sp³-hybridized carbons (Fsp3) is 0.667. The lowest BCUT2D eigenvalue weighted by atomic mass is 10.1. The van der Waals surface area contributed by atoms with Gasteiger partial charge in [0.05, 0.1) is 6.61 Å². The Hall–Kier alpha value is -0.730. The third kappa shape index (κ3) is 7.73. The molecule has 1 rings (SSSR count). The van der Waals surface area contributed by atoms with Gasteiger partial charge in [-0.25, -0.2) is 0 Å². The van der Waals surface area contributed by atoms with E-state index < -0.39 is 0 Å². The molecule has 0 heterocycles. The van der Waals surface area contributed by atoms with Crippen molar-refractivity contribution in [3.63, 3.8) is 0 Å². The van der Waals surface area contributed by atoms with E-state index in [1.54, 1.807) is 0 Å². The van der Waals surface area contributed by atoms with Crippen molar-refractivity contribution in [2.75, 3.05) is 13.2 Å². The maximum absolute atomic E-state index is 6.20. The third-order valence-electron chi connectivity index (χ3n) is 3.73. The summed E-state index contributed by atoms with van der Waals surface area (Å²) in [5, 5.41) is 0.758. The molecule has 3 heteroatoms. The number of ether oxygens (including phenoxy) is 1. The van der Waals surface area contributed by atoms with E-state index in [9.17, 15) is 0 Å². The van der Waals surface area contributed by atoms with Gasteiger partial charge < -0.3 is 10.5 Å². The summed E-state index contributed by atoms with van der Waals surface area (Å²) in [5.41, 5.74) is 6.67. The Bertz CT molecular complexity index is 381. The second-order valence-electron chi connectivity index (χ2n) is 5.58. The van der Waals surface area contributed by atoms with Gasteiger partial charge in [0.1, 0.15) is 5.75 Å². The van der Waals surface area contributed by atoms with E-state index in [-0.39, 0.29) is 0 Å². The molecule has 0 aliphatic carbocycles. The van der Waals surface area contributed by atoms with Crippen molar-refractivity contribution in [2.24, 2.45) is 5.73 Å². The molecule has 0 amide bonds. The van der Waals surface area contributed by atoms with E-state index in [1.165, 1.54) is 44.9 Å². The first-order valence-corrected chi connectivity index (χ1v) is 8.77. The van der Waals surface area contributed by atoms with Crippen LogP contribution in [0.1, 0.15) is 63.9 Å². The molecule has 2 N–H and O–H groups in total. The fourth-order valence-corrected chi connectivity index (χ4v) is 2.74. The van der Waals surface area contributed by atoms with Crippen LogP contribution in [-0.4, -0.2) is 13.2 Å². The number of rotatable bonds is 12. The molecule has 0 radical (unpaired) electrons. The van der Waals surface area contributed by atoms with Crippen LogP contribution >= 0.6 is 11.6 Å². The Balaban J connectivity index is 2.16. The van der Waals surface area contributed by atoms with Gasteiger partial charge >= 0.3 is 0 Å². The van der Waals surface area contributed by atoms with Crippen LogP contribution in [0.3, 0.4) is 0 Å². The van der Waals surface area contributed by atoms with Gasteiger partial charge in [-0.3, -0.25) is 0 Å². The van der Waals surface area contributed by atoms with Crippen molar-refractivity contribution in [2.45, 2.75) is 64.7 Å². The summed E-state index contributed by atoms with van der Waals surface area (Å²) in [6.07, 6.45) is 11.3. The van der Waals surface area contributed by atoms with Gasteiger partial charge in [-0.1, -0.05) is 69.5 Å². The molecule has 0 atom stereocenters. The highest BCUT2D eigenvalue weighted by Gasteiger charge is 2.07. The number of benzene rings is 1. The van der Waals surface area contributed by atoms with Crippen LogP contribution in [0.15, 0.2) is 18.2 Å². The molecule has 0 unspecified atom stereocenters. The molecule has 0 saturated heterocycles. The lowest BCUT2D eigenvalue weighted by molar-refractivity contribution is 0.301. The first-order valence-electron chi connectivity index (χ1n) is 8.39. The molecular weight excluding hydrogens is 282 g/mol. The summed E-state index contributed by atoms with van der Waals surface area (Å²) >= 11 is 6.20. The van der Waals surface area contributed by atoms with E-state index in [4.69, 9.17) is 22.1 Å². The van der Waals surface area contributed by atoms with E-state index in [2.05, 4.69) is 6.92 Å². The number of unbranched alkanes of at least 4 members (excludes halogenated alkanes) is 7. The van der Waals surface area contributed by atoms with E-state index in [0.29, 0.717) is 6.54 Å². The predicted octanol–water partition coefficient (Wildman–Crippen LogP) is 5.36. The van der Waals surface area contributed by atoms with Gasteiger partial charge in [-0.15, -0.1) is 0 Å². The normalized spacial score (nSPS) is 10.8. The molecule has 0 fully saturated rings. The highest BCUT2D eigenvalue weighted by atomic mass is 35.5. The molecule has 0 saturated carbocycles. The first-order chi connectivity index (χ1) is 10.3. The topological polar surface area (TPSA) is 35.2 Å². The van der Waals surface area contributed by atoms with Crippen molar-refractivity contribution in [3.8, 4) is 5.75 Å². The Labute approximate surface area is 135 Å². The largest absolute Gasteiger partial charge is 0.493 e. The molecule has 0 aromatic heterocycles. The Morgan fingerprint density at radius 2 is 1.67 bits per heavy atom. The van der Waals surface area contributed by atoms with Crippen LogP contribution in [-0.2, 0) is 6.42 Å². The molecule has 0 bridgehead atoms. The van der Waals surface area contributed by atoms with Crippen LogP contribution in [0.5, 0.6) is 5.75 Å². The Morgan fingerprint density at radius 3 is 2.33 bits per heavy atom. The fourth-order valence-electron chi connectivity index (χ4n) is 2.48. The van der Waals surface area contributed by atoms with Gasteiger partial charge in [0.2, 0.25) is 0 Å². The maximum Gasteiger partial charge on any atom is 0.124 e. The zero-order valence-corrected chi connectivity index (χ0v) is 14.1. The molecule has 120 valence electrons. The highest BCUT2D eigenvalue weighted by Crippen LogP contribution is 2.26. The van der Waals surface area contributed by atoms with Gasteiger partial charge in [0, 0.05) is 10.6 Å². The second kappa shape index (κ2) is 11.9. The molecule has 2 nitrogen and oxygen atoms in total. The summed E-state index contributed by atoms with van der Waals surface area (Å²) in [4.78, 5) is 0. The highest BCUT2D eigenvalue weighted by molar-refractivity contribution is 6.31. The Kier molecular flexibility index (Phi) is 10.4. The summed E-state index contributed by atoms with van der Waals surface area (Å²) in [7, 11) is 0. The molecule has 1 aromatic carbocycles. The average molecular weight is 312 g/mol. The lowest BCUT2D eigenvalue weighted by Gasteiger charge is -2.12. The van der Waals surface area contributed by atoms with Gasteiger partial charge in [-0.05, 0) is 31.5 Å². The molecular formula is C18H30ClNO. The van der Waals surface area contributed by atoms with Crippen LogP contribution < -0.4 is 10.5 Å². The maximum atomic E-state index is 6.20. The van der Waals surface area contributed by atoms with Crippen LogP contribution in [0.4, 0.5) is 0 Å². The van der Waals surface area contributed by atoms with Crippen molar-refractivity contribution in [1.29, 1.82) is 0 Å². The minimum absolute atomic E-state index is 0.595. The van der Waals surface area contributed by atoms with Crippen molar-refractivity contribution < 1.29 is 4.74 Å². The number of halogens is 1. The molecule has 1 aromatic rings. The summed E-state index contributed by atoms with van der Waals surface area (Å²) < 4.78 is 5.88. The van der Waals surface area contributed by atoms with E-state index >= 15 is 0 Å². The molecule has 0 aliphatic heterocycles. The van der Waals surface area contributed by atoms with E-state index in [0.717, 1.165) is 35.8 Å². The minimum atomic E-state index is 0.595. The zero-order valence-electron chi connectivity index (χ0n) is 13.4.